The summed E-state index contributed by atoms with van der Waals surface area (Å²) in [4.78, 5) is 21.4. The Hall–Kier alpha value is -1.46. The third kappa shape index (κ3) is 2.77. The molecular formula is C10H16O6. The standard InChI is InChI=1S/C10H16O6/c1-6(2)7(16-8(11)12)10(3)4-14-9(13)15-5-10/h6-7H,4-5H2,1-3H3,(H,11,12). The quantitative estimate of drug-likeness (QED) is 0.748. The maximum Gasteiger partial charge on any atom is 0.508 e. The number of ether oxygens (including phenoxy) is 3. The normalized spacial score (nSPS) is 20.9. The zero-order valence-corrected chi connectivity index (χ0v) is 9.56. The molecule has 0 spiro atoms. The Labute approximate surface area is 93.5 Å². The highest BCUT2D eigenvalue weighted by Gasteiger charge is 2.44. The smallest absolute Gasteiger partial charge is 0.450 e. The van der Waals surface area contributed by atoms with E-state index < -0.39 is 23.8 Å². The molecule has 1 heterocycles. The van der Waals surface area contributed by atoms with Crippen LogP contribution in [0.1, 0.15) is 20.8 Å². The molecule has 1 rings (SSSR count). The van der Waals surface area contributed by atoms with E-state index in [0.29, 0.717) is 0 Å². The first-order valence-electron chi connectivity index (χ1n) is 5.04. The van der Waals surface area contributed by atoms with Crippen molar-refractivity contribution in [3.63, 3.8) is 0 Å². The van der Waals surface area contributed by atoms with Crippen LogP contribution in [-0.2, 0) is 14.2 Å². The summed E-state index contributed by atoms with van der Waals surface area (Å²) in [5, 5.41) is 8.66. The van der Waals surface area contributed by atoms with Gasteiger partial charge in [0.25, 0.3) is 0 Å². The van der Waals surface area contributed by atoms with Crippen LogP contribution in [0, 0.1) is 11.3 Å². The summed E-state index contributed by atoms with van der Waals surface area (Å²) in [6, 6.07) is 0. The van der Waals surface area contributed by atoms with Crippen molar-refractivity contribution in [3.8, 4) is 0 Å². The molecule has 1 unspecified atom stereocenters. The van der Waals surface area contributed by atoms with Gasteiger partial charge in [-0.25, -0.2) is 9.59 Å². The van der Waals surface area contributed by atoms with Crippen molar-refractivity contribution in [1.82, 2.24) is 0 Å². The van der Waals surface area contributed by atoms with Gasteiger partial charge in [0, 0.05) is 0 Å². The molecule has 0 aliphatic carbocycles. The Kier molecular flexibility index (Phi) is 3.62. The maximum absolute atomic E-state index is 10.8. The maximum atomic E-state index is 10.8. The summed E-state index contributed by atoms with van der Waals surface area (Å²) in [5.74, 6) is -0.0264. The molecule has 1 N–H and O–H groups in total. The molecular weight excluding hydrogens is 216 g/mol. The largest absolute Gasteiger partial charge is 0.508 e. The minimum absolute atomic E-state index is 0.0264. The van der Waals surface area contributed by atoms with Gasteiger partial charge in [-0.15, -0.1) is 0 Å². The highest BCUT2D eigenvalue weighted by Crippen LogP contribution is 2.33. The predicted octanol–water partition coefficient (Wildman–Crippen LogP) is 1.88. The minimum atomic E-state index is -1.34. The van der Waals surface area contributed by atoms with Crippen molar-refractivity contribution >= 4 is 12.3 Å². The minimum Gasteiger partial charge on any atom is -0.450 e. The Morgan fingerprint density at radius 1 is 1.44 bits per heavy atom. The van der Waals surface area contributed by atoms with Crippen molar-refractivity contribution in [2.45, 2.75) is 26.9 Å². The molecule has 0 amide bonds. The summed E-state index contributed by atoms with van der Waals surface area (Å²) in [6.45, 7) is 5.65. The van der Waals surface area contributed by atoms with E-state index >= 15 is 0 Å². The number of carbonyl (C=O) groups excluding carboxylic acids is 1. The fourth-order valence-corrected chi connectivity index (χ4v) is 1.89. The zero-order valence-electron chi connectivity index (χ0n) is 9.56. The van der Waals surface area contributed by atoms with Crippen LogP contribution in [-0.4, -0.2) is 36.7 Å². The van der Waals surface area contributed by atoms with Crippen LogP contribution >= 0.6 is 0 Å². The lowest BCUT2D eigenvalue weighted by molar-refractivity contribution is -0.124. The number of cyclic esters (lactones) is 2. The van der Waals surface area contributed by atoms with Gasteiger partial charge in [-0.1, -0.05) is 13.8 Å². The number of hydrogen-bond donors (Lipinski definition) is 1. The Morgan fingerprint density at radius 2 is 1.94 bits per heavy atom. The molecule has 0 bridgehead atoms. The second-order valence-corrected chi connectivity index (χ2v) is 4.53. The van der Waals surface area contributed by atoms with Crippen LogP contribution in [0.5, 0.6) is 0 Å². The molecule has 1 fully saturated rings. The van der Waals surface area contributed by atoms with E-state index in [4.69, 9.17) is 19.3 Å². The van der Waals surface area contributed by atoms with Gasteiger partial charge in [0.05, 0.1) is 5.41 Å². The Balaban J connectivity index is 2.76. The lowest BCUT2D eigenvalue weighted by atomic mass is 9.80. The van der Waals surface area contributed by atoms with E-state index in [0.717, 1.165) is 0 Å². The summed E-state index contributed by atoms with van der Waals surface area (Å²) in [5.41, 5.74) is -0.638. The van der Waals surface area contributed by atoms with Gasteiger partial charge < -0.3 is 19.3 Å². The van der Waals surface area contributed by atoms with E-state index in [1.165, 1.54) is 0 Å². The van der Waals surface area contributed by atoms with E-state index in [1.54, 1.807) is 6.92 Å². The molecule has 0 aromatic carbocycles. The van der Waals surface area contributed by atoms with Crippen LogP contribution < -0.4 is 0 Å². The van der Waals surface area contributed by atoms with Gasteiger partial charge in [0.15, 0.2) is 0 Å². The molecule has 6 heteroatoms. The third-order valence-electron chi connectivity index (χ3n) is 2.56. The van der Waals surface area contributed by atoms with Gasteiger partial charge >= 0.3 is 12.3 Å². The highest BCUT2D eigenvalue weighted by molar-refractivity contribution is 5.61. The highest BCUT2D eigenvalue weighted by atomic mass is 16.7. The Bertz CT molecular complexity index is 275. The summed E-state index contributed by atoms with van der Waals surface area (Å²) >= 11 is 0. The number of hydrogen-bond acceptors (Lipinski definition) is 5. The van der Waals surface area contributed by atoms with Gasteiger partial charge in [0.2, 0.25) is 0 Å². The van der Waals surface area contributed by atoms with Crippen LogP contribution in [0.25, 0.3) is 0 Å². The van der Waals surface area contributed by atoms with Gasteiger partial charge in [-0.3, -0.25) is 0 Å². The first-order chi connectivity index (χ1) is 7.35. The fraction of sp³-hybridized carbons (Fsp3) is 0.800. The predicted molar refractivity (Wildman–Crippen MR) is 53.1 cm³/mol. The van der Waals surface area contributed by atoms with Gasteiger partial charge in [0.1, 0.15) is 19.3 Å². The fourth-order valence-electron chi connectivity index (χ4n) is 1.89. The average molecular weight is 232 g/mol. The van der Waals surface area contributed by atoms with Crippen LogP contribution in [0.2, 0.25) is 0 Å². The summed E-state index contributed by atoms with van der Waals surface area (Å²) in [7, 11) is 0. The van der Waals surface area contributed by atoms with E-state index in [1.807, 2.05) is 13.8 Å². The molecule has 1 atom stereocenters. The molecule has 0 radical (unpaired) electrons. The van der Waals surface area contributed by atoms with Crippen molar-refractivity contribution in [3.05, 3.63) is 0 Å². The molecule has 0 aromatic heterocycles. The molecule has 1 aliphatic rings. The molecule has 6 nitrogen and oxygen atoms in total. The first kappa shape index (κ1) is 12.6. The topological polar surface area (TPSA) is 82.1 Å². The van der Waals surface area contributed by atoms with E-state index in [2.05, 4.69) is 0 Å². The average Bonchev–Trinajstić information content (AvgIpc) is 2.19. The van der Waals surface area contributed by atoms with Crippen molar-refractivity contribution in [1.29, 1.82) is 0 Å². The van der Waals surface area contributed by atoms with E-state index in [9.17, 15) is 9.59 Å². The monoisotopic (exact) mass is 232 g/mol. The molecule has 92 valence electrons. The summed E-state index contributed by atoms with van der Waals surface area (Å²) < 4.78 is 14.4. The van der Waals surface area contributed by atoms with Crippen molar-refractivity contribution in [2.24, 2.45) is 11.3 Å². The van der Waals surface area contributed by atoms with Crippen molar-refractivity contribution < 1.29 is 28.9 Å². The van der Waals surface area contributed by atoms with Crippen LogP contribution in [0.15, 0.2) is 0 Å². The lowest BCUT2D eigenvalue weighted by Crippen LogP contribution is -2.49. The third-order valence-corrected chi connectivity index (χ3v) is 2.56. The lowest BCUT2D eigenvalue weighted by Gasteiger charge is -2.39. The molecule has 0 aromatic rings. The Morgan fingerprint density at radius 3 is 2.31 bits per heavy atom. The van der Waals surface area contributed by atoms with Gasteiger partial charge in [-0.05, 0) is 12.8 Å². The molecule has 1 aliphatic heterocycles. The molecule has 16 heavy (non-hydrogen) atoms. The van der Waals surface area contributed by atoms with E-state index in [-0.39, 0.29) is 19.1 Å². The second kappa shape index (κ2) is 4.59. The molecule has 1 saturated heterocycles. The van der Waals surface area contributed by atoms with Crippen molar-refractivity contribution in [2.75, 3.05) is 13.2 Å². The second-order valence-electron chi connectivity index (χ2n) is 4.53. The number of rotatable bonds is 3. The van der Waals surface area contributed by atoms with Crippen LogP contribution in [0.3, 0.4) is 0 Å². The SMILES string of the molecule is CC(C)C(OC(=O)O)C1(C)COC(=O)OC1. The van der Waals surface area contributed by atoms with Crippen LogP contribution in [0.4, 0.5) is 9.59 Å². The molecule has 0 saturated carbocycles. The van der Waals surface area contributed by atoms with Gasteiger partial charge in [-0.2, -0.15) is 0 Å². The summed E-state index contributed by atoms with van der Waals surface area (Å²) in [6.07, 6.45) is -2.63. The number of carboxylic acid groups (broad SMARTS) is 1. The first-order valence-corrected chi connectivity index (χ1v) is 5.04. The number of carbonyl (C=O) groups is 2. The zero-order chi connectivity index (χ0) is 12.3.